The topological polar surface area (TPSA) is 0 Å². The maximum absolute atomic E-state index is 2.29. The average molecular weight is 150 g/mol. The van der Waals surface area contributed by atoms with Gasteiger partial charge in [-0.2, -0.15) is 0 Å². The Morgan fingerprint density at radius 3 is 2.45 bits per heavy atom. The van der Waals surface area contributed by atoms with Crippen LogP contribution in [0.5, 0.6) is 0 Å². The molecular weight excluding hydrogens is 132 g/mol. The third kappa shape index (κ3) is 1.66. The fourth-order valence-corrected chi connectivity index (χ4v) is 2.04. The highest BCUT2D eigenvalue weighted by Crippen LogP contribution is 2.45. The van der Waals surface area contributed by atoms with Crippen molar-refractivity contribution in [3.63, 3.8) is 0 Å². The van der Waals surface area contributed by atoms with E-state index in [-0.39, 0.29) is 0 Å². The normalized spacial score (nSPS) is 28.6. The second-order valence-electron chi connectivity index (χ2n) is 4.12. The molecule has 0 aromatic rings. The smallest absolute Gasteiger partial charge is 0.0280 e. The molecule has 0 amide bonds. The molecule has 11 heavy (non-hydrogen) atoms. The fourth-order valence-electron chi connectivity index (χ4n) is 2.04. The van der Waals surface area contributed by atoms with Gasteiger partial charge >= 0.3 is 0 Å². The zero-order valence-electron chi connectivity index (χ0n) is 7.53. The molecule has 2 aliphatic rings. The summed E-state index contributed by atoms with van der Waals surface area (Å²) in [5, 5.41) is 0. The van der Waals surface area contributed by atoms with E-state index in [1.54, 1.807) is 0 Å². The van der Waals surface area contributed by atoms with Gasteiger partial charge in [-0.1, -0.05) is 30.9 Å². The first-order valence-electron chi connectivity index (χ1n) is 5.10. The van der Waals surface area contributed by atoms with Crippen molar-refractivity contribution in [3.05, 3.63) is 11.1 Å². The zero-order valence-corrected chi connectivity index (χ0v) is 7.53. The van der Waals surface area contributed by atoms with E-state index in [2.05, 4.69) is 6.92 Å². The third-order valence-electron chi connectivity index (χ3n) is 3.04. The van der Waals surface area contributed by atoms with E-state index in [1.165, 1.54) is 44.9 Å². The van der Waals surface area contributed by atoms with Gasteiger partial charge in [-0.3, -0.25) is 0 Å². The monoisotopic (exact) mass is 150 g/mol. The van der Waals surface area contributed by atoms with Crippen LogP contribution in [-0.4, -0.2) is 0 Å². The van der Waals surface area contributed by atoms with E-state index < -0.39 is 0 Å². The minimum atomic E-state index is 1.08. The average Bonchev–Trinajstić information content (AvgIpc) is 2.68. The Labute approximate surface area is 69.7 Å². The van der Waals surface area contributed by atoms with Crippen molar-refractivity contribution in [2.24, 2.45) is 5.92 Å². The minimum absolute atomic E-state index is 1.08. The Morgan fingerprint density at radius 1 is 1.18 bits per heavy atom. The molecule has 0 N–H and O–H groups in total. The first kappa shape index (κ1) is 7.39. The Bertz CT molecular complexity index is 162. The predicted octanol–water partition coefficient (Wildman–Crippen LogP) is 3.68. The molecule has 2 aliphatic carbocycles. The maximum Gasteiger partial charge on any atom is -0.0280 e. The molecule has 0 unspecified atom stereocenters. The van der Waals surface area contributed by atoms with Crippen LogP contribution in [-0.2, 0) is 0 Å². The molecule has 0 spiro atoms. The molecule has 0 heteroatoms. The Balaban J connectivity index is 1.67. The zero-order chi connectivity index (χ0) is 7.68. The van der Waals surface area contributed by atoms with Crippen molar-refractivity contribution in [3.8, 4) is 0 Å². The lowest BCUT2D eigenvalue weighted by molar-refractivity contribution is 0.375. The van der Waals surface area contributed by atoms with Gasteiger partial charge in [0.1, 0.15) is 0 Å². The van der Waals surface area contributed by atoms with Crippen LogP contribution in [0, 0.1) is 5.92 Å². The van der Waals surface area contributed by atoms with Crippen LogP contribution in [0.25, 0.3) is 0 Å². The van der Waals surface area contributed by atoms with Gasteiger partial charge in [0.25, 0.3) is 0 Å². The number of unbranched alkanes of at least 4 members (excludes halogenated alkanes) is 1. The van der Waals surface area contributed by atoms with E-state index in [0.717, 1.165) is 5.92 Å². The molecule has 2 saturated carbocycles. The standard InChI is InChI=1S/C11H18/c1-2-3-4-9-7-11(8-9)10-5-6-10/h9H,2-8H2,1H3. The minimum Gasteiger partial charge on any atom is -0.0704 e. The Morgan fingerprint density at radius 2 is 1.91 bits per heavy atom. The number of allylic oxidation sites excluding steroid dienone is 2. The molecule has 0 atom stereocenters. The summed E-state index contributed by atoms with van der Waals surface area (Å²) in [7, 11) is 0. The van der Waals surface area contributed by atoms with Gasteiger partial charge in [0.05, 0.1) is 0 Å². The van der Waals surface area contributed by atoms with E-state index >= 15 is 0 Å². The molecule has 0 radical (unpaired) electrons. The van der Waals surface area contributed by atoms with Crippen LogP contribution >= 0.6 is 0 Å². The first-order chi connectivity index (χ1) is 5.40. The summed E-state index contributed by atoms with van der Waals surface area (Å²) in [5.41, 5.74) is 3.66. The van der Waals surface area contributed by atoms with Crippen molar-refractivity contribution < 1.29 is 0 Å². The van der Waals surface area contributed by atoms with Crippen molar-refractivity contribution in [2.45, 2.75) is 51.9 Å². The van der Waals surface area contributed by atoms with Crippen LogP contribution in [0.15, 0.2) is 11.1 Å². The van der Waals surface area contributed by atoms with Gasteiger partial charge in [0.2, 0.25) is 0 Å². The second kappa shape index (κ2) is 3.00. The molecule has 2 fully saturated rings. The summed E-state index contributed by atoms with van der Waals surface area (Å²) in [6, 6.07) is 0. The van der Waals surface area contributed by atoms with Crippen LogP contribution in [0.1, 0.15) is 51.9 Å². The molecule has 2 rings (SSSR count). The second-order valence-corrected chi connectivity index (χ2v) is 4.12. The van der Waals surface area contributed by atoms with Crippen LogP contribution < -0.4 is 0 Å². The molecule has 0 bridgehead atoms. The highest BCUT2D eigenvalue weighted by molar-refractivity contribution is 5.29. The summed E-state index contributed by atoms with van der Waals surface area (Å²) >= 11 is 0. The number of hydrogen-bond donors (Lipinski definition) is 0. The summed E-state index contributed by atoms with van der Waals surface area (Å²) in [5.74, 6) is 1.08. The summed E-state index contributed by atoms with van der Waals surface area (Å²) < 4.78 is 0. The van der Waals surface area contributed by atoms with Gasteiger partial charge in [-0.05, 0) is 38.0 Å². The van der Waals surface area contributed by atoms with Gasteiger partial charge in [-0.15, -0.1) is 0 Å². The van der Waals surface area contributed by atoms with Crippen molar-refractivity contribution >= 4 is 0 Å². The van der Waals surface area contributed by atoms with Gasteiger partial charge in [0.15, 0.2) is 0 Å². The molecule has 0 nitrogen and oxygen atoms in total. The number of hydrogen-bond acceptors (Lipinski definition) is 0. The highest BCUT2D eigenvalue weighted by atomic mass is 14.3. The lowest BCUT2D eigenvalue weighted by Gasteiger charge is -2.29. The fraction of sp³-hybridized carbons (Fsp3) is 0.818. The van der Waals surface area contributed by atoms with E-state index in [0.29, 0.717) is 0 Å². The Hall–Kier alpha value is -0.260. The van der Waals surface area contributed by atoms with Crippen LogP contribution in [0.3, 0.4) is 0 Å². The van der Waals surface area contributed by atoms with Crippen LogP contribution in [0.4, 0.5) is 0 Å². The lowest BCUT2D eigenvalue weighted by Crippen LogP contribution is -2.14. The van der Waals surface area contributed by atoms with Gasteiger partial charge < -0.3 is 0 Å². The third-order valence-corrected chi connectivity index (χ3v) is 3.04. The maximum atomic E-state index is 2.29. The van der Waals surface area contributed by atoms with Crippen LogP contribution in [0.2, 0.25) is 0 Å². The SMILES string of the molecule is CCCCC1CC(=C2CC2)C1. The molecular formula is C11H18. The van der Waals surface area contributed by atoms with E-state index in [1.807, 2.05) is 11.1 Å². The van der Waals surface area contributed by atoms with Gasteiger partial charge in [0, 0.05) is 0 Å². The van der Waals surface area contributed by atoms with Crippen molar-refractivity contribution in [1.29, 1.82) is 0 Å². The van der Waals surface area contributed by atoms with E-state index in [9.17, 15) is 0 Å². The summed E-state index contributed by atoms with van der Waals surface area (Å²) in [6.45, 7) is 2.29. The molecule has 0 aromatic heterocycles. The molecule has 0 aliphatic heterocycles. The summed E-state index contributed by atoms with van der Waals surface area (Å²) in [6.07, 6.45) is 10.1. The predicted molar refractivity (Wildman–Crippen MR) is 48.5 cm³/mol. The summed E-state index contributed by atoms with van der Waals surface area (Å²) in [4.78, 5) is 0. The molecule has 62 valence electrons. The van der Waals surface area contributed by atoms with Crippen molar-refractivity contribution in [2.75, 3.05) is 0 Å². The first-order valence-corrected chi connectivity index (χ1v) is 5.10. The largest absolute Gasteiger partial charge is 0.0704 e. The quantitative estimate of drug-likeness (QED) is 0.538. The van der Waals surface area contributed by atoms with Crippen molar-refractivity contribution in [1.82, 2.24) is 0 Å². The van der Waals surface area contributed by atoms with E-state index in [4.69, 9.17) is 0 Å². The molecule has 0 saturated heterocycles. The molecule has 0 aromatic carbocycles. The number of rotatable bonds is 3. The highest BCUT2D eigenvalue weighted by Gasteiger charge is 2.28. The lowest BCUT2D eigenvalue weighted by atomic mass is 9.77. The Kier molecular flexibility index (Phi) is 2.02. The molecule has 0 heterocycles. The van der Waals surface area contributed by atoms with Gasteiger partial charge in [-0.25, -0.2) is 0 Å².